The Kier molecular flexibility index (Phi) is 5.09. The number of benzene rings is 2. The standard InChI is InChI=1S/C19H13BrN6OS/c20-13-5-3-4-12(8-13)17-9-15(14-6-1-2-7-16(14)23-17)18(27)24-19(28)25-26-10-21-22-11-26/h1-11H,(H2,24,25,27,28). The van der Waals surface area contributed by atoms with Crippen LogP contribution in [0.3, 0.4) is 0 Å². The topological polar surface area (TPSA) is 84.7 Å². The lowest BCUT2D eigenvalue weighted by Gasteiger charge is -2.12. The second kappa shape index (κ2) is 7.83. The van der Waals surface area contributed by atoms with E-state index >= 15 is 0 Å². The molecule has 28 heavy (non-hydrogen) atoms. The third-order valence-electron chi connectivity index (χ3n) is 3.96. The molecule has 0 fully saturated rings. The number of pyridine rings is 1. The molecule has 0 atom stereocenters. The molecular weight excluding hydrogens is 440 g/mol. The average molecular weight is 453 g/mol. The number of nitrogens with zero attached hydrogens (tertiary/aromatic N) is 4. The number of hydrogen-bond donors (Lipinski definition) is 2. The summed E-state index contributed by atoms with van der Waals surface area (Å²) in [6.07, 6.45) is 2.87. The van der Waals surface area contributed by atoms with Crippen molar-refractivity contribution in [3.05, 3.63) is 77.3 Å². The van der Waals surface area contributed by atoms with E-state index in [0.717, 1.165) is 20.9 Å². The first-order chi connectivity index (χ1) is 13.6. The number of nitrogens with one attached hydrogen (secondary N) is 2. The Hall–Kier alpha value is -3.17. The lowest BCUT2D eigenvalue weighted by atomic mass is 10.0. The fourth-order valence-electron chi connectivity index (χ4n) is 2.73. The van der Waals surface area contributed by atoms with Crippen molar-refractivity contribution in [3.63, 3.8) is 0 Å². The van der Waals surface area contributed by atoms with Gasteiger partial charge in [-0.25, -0.2) is 9.66 Å². The van der Waals surface area contributed by atoms with Crippen LogP contribution in [0.1, 0.15) is 10.4 Å². The molecule has 2 heterocycles. The number of para-hydroxylation sites is 1. The molecule has 0 saturated heterocycles. The molecule has 0 aliphatic heterocycles. The van der Waals surface area contributed by atoms with E-state index in [1.807, 2.05) is 48.5 Å². The number of hydrogen-bond acceptors (Lipinski definition) is 5. The molecule has 0 radical (unpaired) electrons. The third kappa shape index (κ3) is 3.90. The fourth-order valence-corrected chi connectivity index (χ4v) is 3.33. The fraction of sp³-hybridized carbons (Fsp3) is 0. The summed E-state index contributed by atoms with van der Waals surface area (Å²) in [6.45, 7) is 0. The van der Waals surface area contributed by atoms with Gasteiger partial charge in [0.15, 0.2) is 5.11 Å². The Morgan fingerprint density at radius 1 is 1.04 bits per heavy atom. The number of amides is 1. The molecule has 4 aromatic rings. The SMILES string of the molecule is O=C(NC(=S)Nn1cnnc1)c1cc(-c2cccc(Br)c2)nc2ccccc12. The molecule has 0 unspecified atom stereocenters. The first kappa shape index (κ1) is 18.2. The lowest BCUT2D eigenvalue weighted by Crippen LogP contribution is -2.37. The van der Waals surface area contributed by atoms with Crippen LogP contribution in [0.15, 0.2) is 71.7 Å². The normalized spacial score (nSPS) is 10.6. The summed E-state index contributed by atoms with van der Waals surface area (Å²) in [5.74, 6) is -0.333. The van der Waals surface area contributed by atoms with Crippen LogP contribution in [0.2, 0.25) is 0 Å². The van der Waals surface area contributed by atoms with Crippen molar-refractivity contribution in [2.24, 2.45) is 0 Å². The van der Waals surface area contributed by atoms with Crippen molar-refractivity contribution in [3.8, 4) is 11.3 Å². The van der Waals surface area contributed by atoms with Crippen LogP contribution in [0, 0.1) is 0 Å². The van der Waals surface area contributed by atoms with E-state index in [-0.39, 0.29) is 11.0 Å². The number of thiocarbonyl (C=S) groups is 1. The number of rotatable bonds is 3. The summed E-state index contributed by atoms with van der Waals surface area (Å²) in [4.78, 5) is 17.6. The van der Waals surface area contributed by atoms with Gasteiger partial charge in [-0.2, -0.15) is 0 Å². The van der Waals surface area contributed by atoms with Crippen LogP contribution >= 0.6 is 28.1 Å². The van der Waals surface area contributed by atoms with Gasteiger partial charge in [0.05, 0.1) is 16.8 Å². The zero-order chi connectivity index (χ0) is 19.5. The van der Waals surface area contributed by atoms with Crippen molar-refractivity contribution < 1.29 is 4.79 Å². The first-order valence-electron chi connectivity index (χ1n) is 8.23. The molecule has 7 nitrogen and oxygen atoms in total. The molecule has 138 valence electrons. The summed E-state index contributed by atoms with van der Waals surface area (Å²) in [5.41, 5.74) is 5.60. The van der Waals surface area contributed by atoms with Gasteiger partial charge in [0, 0.05) is 15.4 Å². The largest absolute Gasteiger partial charge is 0.298 e. The lowest BCUT2D eigenvalue weighted by molar-refractivity contribution is 0.0979. The summed E-state index contributed by atoms with van der Waals surface area (Å²) in [6, 6.07) is 17.0. The molecular formula is C19H13BrN6OS. The minimum Gasteiger partial charge on any atom is -0.298 e. The van der Waals surface area contributed by atoms with Crippen LogP contribution in [0.25, 0.3) is 22.2 Å². The van der Waals surface area contributed by atoms with Crippen molar-refractivity contribution in [1.29, 1.82) is 0 Å². The van der Waals surface area contributed by atoms with Gasteiger partial charge in [0.1, 0.15) is 12.7 Å². The van der Waals surface area contributed by atoms with E-state index in [2.05, 4.69) is 36.9 Å². The Balaban J connectivity index is 1.70. The van der Waals surface area contributed by atoms with Crippen LogP contribution in [0.5, 0.6) is 0 Å². The number of aromatic nitrogens is 4. The monoisotopic (exact) mass is 452 g/mol. The van der Waals surface area contributed by atoms with E-state index in [0.29, 0.717) is 11.3 Å². The van der Waals surface area contributed by atoms with Gasteiger partial charge in [0.2, 0.25) is 0 Å². The Morgan fingerprint density at radius 2 is 1.82 bits per heavy atom. The molecule has 4 rings (SSSR count). The van der Waals surface area contributed by atoms with E-state index in [1.165, 1.54) is 17.3 Å². The number of carbonyl (C=O) groups is 1. The Labute approximate surface area is 173 Å². The van der Waals surface area contributed by atoms with Crippen molar-refractivity contribution in [2.45, 2.75) is 0 Å². The Morgan fingerprint density at radius 3 is 2.61 bits per heavy atom. The second-order valence-electron chi connectivity index (χ2n) is 5.85. The molecule has 0 saturated carbocycles. The second-order valence-corrected chi connectivity index (χ2v) is 7.17. The van der Waals surface area contributed by atoms with Crippen molar-refractivity contribution in [2.75, 3.05) is 5.43 Å². The predicted molar refractivity (Wildman–Crippen MR) is 114 cm³/mol. The molecule has 2 N–H and O–H groups in total. The van der Waals surface area contributed by atoms with Gasteiger partial charge >= 0.3 is 0 Å². The number of carbonyl (C=O) groups excluding carboxylic acids is 1. The van der Waals surface area contributed by atoms with E-state index in [1.54, 1.807) is 6.07 Å². The molecule has 9 heteroatoms. The molecule has 0 spiro atoms. The maximum Gasteiger partial charge on any atom is 0.258 e. The molecule has 1 amide bonds. The maximum atomic E-state index is 12.9. The maximum absolute atomic E-state index is 12.9. The first-order valence-corrected chi connectivity index (χ1v) is 9.43. The van der Waals surface area contributed by atoms with Crippen molar-refractivity contribution >= 4 is 50.1 Å². The highest BCUT2D eigenvalue weighted by Gasteiger charge is 2.15. The zero-order valence-electron chi connectivity index (χ0n) is 14.3. The summed E-state index contributed by atoms with van der Waals surface area (Å²) in [5, 5.41) is 10.9. The van der Waals surface area contributed by atoms with Gasteiger partial charge in [-0.05, 0) is 36.5 Å². The number of fused-ring (bicyclic) bond motifs is 1. The van der Waals surface area contributed by atoms with Gasteiger partial charge < -0.3 is 0 Å². The third-order valence-corrected chi connectivity index (χ3v) is 4.64. The summed E-state index contributed by atoms with van der Waals surface area (Å²) in [7, 11) is 0. The minimum atomic E-state index is -0.333. The zero-order valence-corrected chi connectivity index (χ0v) is 16.7. The molecule has 2 aromatic heterocycles. The average Bonchev–Trinajstić information content (AvgIpc) is 3.19. The molecule has 0 aliphatic rings. The highest BCUT2D eigenvalue weighted by Crippen LogP contribution is 2.26. The van der Waals surface area contributed by atoms with Gasteiger partial charge in [-0.1, -0.05) is 46.3 Å². The van der Waals surface area contributed by atoms with Gasteiger partial charge in [-0.3, -0.25) is 15.5 Å². The minimum absolute atomic E-state index is 0.134. The molecule has 0 bridgehead atoms. The van der Waals surface area contributed by atoms with Crippen LogP contribution < -0.4 is 10.7 Å². The van der Waals surface area contributed by atoms with Crippen LogP contribution in [-0.4, -0.2) is 30.9 Å². The van der Waals surface area contributed by atoms with E-state index < -0.39 is 0 Å². The summed E-state index contributed by atoms with van der Waals surface area (Å²) >= 11 is 8.68. The highest BCUT2D eigenvalue weighted by molar-refractivity contribution is 9.10. The molecule has 0 aliphatic carbocycles. The number of halogens is 1. The summed E-state index contributed by atoms with van der Waals surface area (Å²) < 4.78 is 2.38. The quantitative estimate of drug-likeness (QED) is 0.462. The van der Waals surface area contributed by atoms with Crippen LogP contribution in [-0.2, 0) is 0 Å². The van der Waals surface area contributed by atoms with Crippen molar-refractivity contribution in [1.82, 2.24) is 25.2 Å². The van der Waals surface area contributed by atoms with Gasteiger partial charge in [-0.15, -0.1) is 10.2 Å². The Bertz CT molecular complexity index is 1180. The highest BCUT2D eigenvalue weighted by atomic mass is 79.9. The predicted octanol–water partition coefficient (Wildman–Crippen LogP) is 3.51. The van der Waals surface area contributed by atoms with E-state index in [9.17, 15) is 4.79 Å². The smallest absolute Gasteiger partial charge is 0.258 e. The van der Waals surface area contributed by atoms with Crippen LogP contribution in [0.4, 0.5) is 0 Å². The van der Waals surface area contributed by atoms with Gasteiger partial charge in [0.25, 0.3) is 5.91 Å². The molecule has 2 aromatic carbocycles. The van der Waals surface area contributed by atoms with E-state index in [4.69, 9.17) is 17.2 Å².